The van der Waals surface area contributed by atoms with Crippen LogP contribution in [-0.4, -0.2) is 32.1 Å². The molecule has 0 spiro atoms. The summed E-state index contributed by atoms with van der Waals surface area (Å²) in [7, 11) is 0. The van der Waals surface area contributed by atoms with Crippen LogP contribution in [0, 0.1) is 6.92 Å². The molecule has 1 aromatic heterocycles. The largest absolute Gasteiger partial charge is 0.508 e. The highest BCUT2D eigenvalue weighted by Crippen LogP contribution is 2.13. The lowest BCUT2D eigenvalue weighted by atomic mass is 10.2. The van der Waals surface area contributed by atoms with Crippen molar-refractivity contribution in [2.45, 2.75) is 6.92 Å². The summed E-state index contributed by atoms with van der Waals surface area (Å²) in [4.78, 5) is 29.8. The van der Waals surface area contributed by atoms with Gasteiger partial charge in [-0.25, -0.2) is 14.8 Å². The molecule has 0 aliphatic heterocycles. The number of phenols is 1. The quantitative estimate of drug-likeness (QED) is 0.743. The van der Waals surface area contributed by atoms with Crippen LogP contribution >= 0.6 is 0 Å². The molecule has 0 saturated heterocycles. The standard InChI is InChI=1S/C15H13N3O4/c1-9-16-11(5-2-10-3-6-12(19)7-4-10)8-13(17-9)18-14(20)15(21)22/h2-8,19H,1H3,(H,21,22)(H,16,17,18,20). The number of nitrogens with zero attached hydrogens (tertiary/aromatic N) is 2. The number of aromatic hydroxyl groups is 1. The second-order valence-corrected chi connectivity index (χ2v) is 4.41. The molecule has 3 N–H and O–H groups in total. The van der Waals surface area contributed by atoms with Crippen LogP contribution in [0.15, 0.2) is 30.3 Å². The van der Waals surface area contributed by atoms with Crippen molar-refractivity contribution in [1.82, 2.24) is 9.97 Å². The van der Waals surface area contributed by atoms with Gasteiger partial charge in [-0.15, -0.1) is 0 Å². The minimum absolute atomic E-state index is 0.116. The highest BCUT2D eigenvalue weighted by Gasteiger charge is 2.12. The first kappa shape index (κ1) is 15.2. The Hall–Kier alpha value is -3.22. The molecule has 0 atom stereocenters. The van der Waals surface area contributed by atoms with E-state index in [0.717, 1.165) is 5.56 Å². The molecule has 1 amide bonds. The van der Waals surface area contributed by atoms with Crippen molar-refractivity contribution in [2.75, 3.05) is 5.32 Å². The topological polar surface area (TPSA) is 112 Å². The van der Waals surface area contributed by atoms with E-state index in [2.05, 4.69) is 15.3 Å². The first-order valence-electron chi connectivity index (χ1n) is 6.31. The van der Waals surface area contributed by atoms with Crippen LogP contribution in [-0.2, 0) is 9.59 Å². The summed E-state index contributed by atoms with van der Waals surface area (Å²) < 4.78 is 0. The summed E-state index contributed by atoms with van der Waals surface area (Å²) in [6, 6.07) is 8.04. The summed E-state index contributed by atoms with van der Waals surface area (Å²) >= 11 is 0. The zero-order valence-electron chi connectivity index (χ0n) is 11.6. The van der Waals surface area contributed by atoms with E-state index in [4.69, 9.17) is 5.11 Å². The van der Waals surface area contributed by atoms with Crippen LogP contribution in [0.5, 0.6) is 5.75 Å². The van der Waals surface area contributed by atoms with E-state index in [1.165, 1.54) is 6.07 Å². The first-order chi connectivity index (χ1) is 10.4. The molecule has 1 aromatic carbocycles. The third kappa shape index (κ3) is 4.14. The molecule has 0 fully saturated rings. The minimum Gasteiger partial charge on any atom is -0.508 e. The average Bonchev–Trinajstić information content (AvgIpc) is 2.46. The number of benzene rings is 1. The van der Waals surface area contributed by atoms with Gasteiger partial charge >= 0.3 is 11.9 Å². The van der Waals surface area contributed by atoms with Crippen molar-refractivity contribution in [1.29, 1.82) is 0 Å². The second kappa shape index (κ2) is 6.49. The first-order valence-corrected chi connectivity index (χ1v) is 6.31. The predicted octanol–water partition coefficient (Wildman–Crippen LogP) is 1.68. The molecule has 0 unspecified atom stereocenters. The number of hydrogen-bond donors (Lipinski definition) is 3. The average molecular weight is 299 g/mol. The molecule has 7 nitrogen and oxygen atoms in total. The van der Waals surface area contributed by atoms with Crippen molar-refractivity contribution in [3.63, 3.8) is 0 Å². The maximum atomic E-state index is 11.1. The number of carbonyl (C=O) groups is 2. The number of aliphatic carboxylic acids is 1. The van der Waals surface area contributed by atoms with Crippen LogP contribution in [0.3, 0.4) is 0 Å². The maximum absolute atomic E-state index is 11.1. The predicted molar refractivity (Wildman–Crippen MR) is 80.1 cm³/mol. The van der Waals surface area contributed by atoms with Gasteiger partial charge in [0.1, 0.15) is 17.4 Å². The summed E-state index contributed by atoms with van der Waals surface area (Å²) in [5.41, 5.74) is 1.37. The van der Waals surface area contributed by atoms with Crippen molar-refractivity contribution in [3.8, 4) is 5.75 Å². The Kier molecular flexibility index (Phi) is 4.47. The smallest absolute Gasteiger partial charge is 0.394 e. The van der Waals surface area contributed by atoms with Crippen LogP contribution in [0.4, 0.5) is 5.82 Å². The highest BCUT2D eigenvalue weighted by molar-refractivity contribution is 6.36. The number of carbonyl (C=O) groups excluding carboxylic acids is 1. The molecule has 0 radical (unpaired) electrons. The molecular weight excluding hydrogens is 286 g/mol. The van der Waals surface area contributed by atoms with Gasteiger partial charge < -0.3 is 15.5 Å². The minimum atomic E-state index is -1.59. The monoisotopic (exact) mass is 299 g/mol. The molecule has 1 heterocycles. The second-order valence-electron chi connectivity index (χ2n) is 4.41. The summed E-state index contributed by atoms with van der Waals surface area (Å²) in [6.07, 6.45) is 3.46. The van der Waals surface area contributed by atoms with Crippen LogP contribution in [0.2, 0.25) is 0 Å². The number of hydrogen-bond acceptors (Lipinski definition) is 5. The number of rotatable bonds is 3. The van der Waals surface area contributed by atoms with E-state index in [1.54, 1.807) is 43.3 Å². The lowest BCUT2D eigenvalue weighted by molar-refractivity contribution is -0.147. The number of amides is 1. The van der Waals surface area contributed by atoms with Crippen LogP contribution < -0.4 is 5.32 Å². The number of aryl methyl sites for hydroxylation is 1. The Labute approximate surface area is 126 Å². The zero-order valence-corrected chi connectivity index (χ0v) is 11.6. The number of carboxylic acid groups (broad SMARTS) is 1. The Balaban J connectivity index is 2.20. The molecule has 2 aromatic rings. The number of nitrogens with one attached hydrogen (secondary N) is 1. The number of aromatic nitrogens is 2. The molecule has 2 rings (SSSR count). The van der Waals surface area contributed by atoms with Gasteiger partial charge in [-0.2, -0.15) is 0 Å². The highest BCUT2D eigenvalue weighted by atomic mass is 16.4. The van der Waals surface area contributed by atoms with E-state index >= 15 is 0 Å². The van der Waals surface area contributed by atoms with Gasteiger partial charge in [0.25, 0.3) is 0 Å². The summed E-state index contributed by atoms with van der Waals surface area (Å²) in [6.45, 7) is 1.63. The van der Waals surface area contributed by atoms with E-state index in [9.17, 15) is 14.7 Å². The van der Waals surface area contributed by atoms with E-state index in [0.29, 0.717) is 11.5 Å². The van der Waals surface area contributed by atoms with Crippen molar-refractivity contribution >= 4 is 29.8 Å². The Morgan fingerprint density at radius 1 is 1.14 bits per heavy atom. The van der Waals surface area contributed by atoms with Crippen LogP contribution in [0.1, 0.15) is 17.1 Å². The number of carboxylic acids is 1. The van der Waals surface area contributed by atoms with E-state index < -0.39 is 11.9 Å². The molecule has 0 aliphatic rings. The number of phenolic OH excluding ortho intramolecular Hbond substituents is 1. The molecular formula is C15H13N3O4. The van der Waals surface area contributed by atoms with Gasteiger partial charge in [0, 0.05) is 6.07 Å². The fourth-order valence-corrected chi connectivity index (χ4v) is 1.68. The van der Waals surface area contributed by atoms with Gasteiger partial charge in [-0.05, 0) is 30.7 Å². The lowest BCUT2D eigenvalue weighted by Crippen LogP contribution is -2.22. The third-order valence-electron chi connectivity index (χ3n) is 2.63. The van der Waals surface area contributed by atoms with Crippen molar-refractivity contribution < 1.29 is 19.8 Å². The van der Waals surface area contributed by atoms with Gasteiger partial charge in [0.2, 0.25) is 0 Å². The Bertz CT molecular complexity index is 739. The maximum Gasteiger partial charge on any atom is 0.394 e. The van der Waals surface area contributed by atoms with Gasteiger partial charge in [-0.3, -0.25) is 4.79 Å². The molecule has 0 saturated carbocycles. The van der Waals surface area contributed by atoms with Gasteiger partial charge in [-0.1, -0.05) is 18.2 Å². The summed E-state index contributed by atoms with van der Waals surface area (Å²) in [5, 5.41) is 19.9. The molecule has 7 heteroatoms. The van der Waals surface area contributed by atoms with Crippen molar-refractivity contribution in [3.05, 3.63) is 47.4 Å². The van der Waals surface area contributed by atoms with E-state index in [-0.39, 0.29) is 11.6 Å². The van der Waals surface area contributed by atoms with Crippen LogP contribution in [0.25, 0.3) is 12.2 Å². The third-order valence-corrected chi connectivity index (χ3v) is 2.63. The Morgan fingerprint density at radius 2 is 1.82 bits per heavy atom. The van der Waals surface area contributed by atoms with Crippen molar-refractivity contribution in [2.24, 2.45) is 0 Å². The molecule has 0 aliphatic carbocycles. The zero-order chi connectivity index (χ0) is 16.1. The molecule has 22 heavy (non-hydrogen) atoms. The number of anilines is 1. The van der Waals surface area contributed by atoms with Gasteiger partial charge in [0.15, 0.2) is 0 Å². The van der Waals surface area contributed by atoms with Gasteiger partial charge in [0.05, 0.1) is 5.69 Å². The molecule has 0 bridgehead atoms. The summed E-state index contributed by atoms with van der Waals surface area (Å²) in [5.74, 6) is -2.06. The molecule has 112 valence electrons. The lowest BCUT2D eigenvalue weighted by Gasteiger charge is -2.03. The fourth-order valence-electron chi connectivity index (χ4n) is 1.68. The fraction of sp³-hybridized carbons (Fsp3) is 0.0667. The SMILES string of the molecule is Cc1nc(C=Cc2ccc(O)cc2)cc(NC(=O)C(=O)O)n1. The normalized spacial score (nSPS) is 10.6. The van der Waals surface area contributed by atoms with E-state index in [1.807, 2.05) is 0 Å². The Morgan fingerprint density at radius 3 is 2.45 bits per heavy atom.